The molecule has 4 heteroatoms. The minimum Gasteiger partial charge on any atom is -0.391 e. The van der Waals surface area contributed by atoms with Gasteiger partial charge in [-0.3, -0.25) is 0 Å². The first-order chi connectivity index (χ1) is 8.33. The lowest BCUT2D eigenvalue weighted by Gasteiger charge is -2.13. The van der Waals surface area contributed by atoms with Crippen LogP contribution in [0.25, 0.3) is 5.69 Å². The van der Waals surface area contributed by atoms with Gasteiger partial charge in [-0.25, -0.2) is 4.98 Å². The molecule has 0 amide bonds. The van der Waals surface area contributed by atoms with E-state index in [1.807, 2.05) is 47.4 Å². The average Bonchev–Trinajstić information content (AvgIpc) is 2.98. The molecule has 17 heavy (non-hydrogen) atoms. The van der Waals surface area contributed by atoms with E-state index in [1.54, 1.807) is 0 Å². The summed E-state index contributed by atoms with van der Waals surface area (Å²) in [7, 11) is 0. The van der Waals surface area contributed by atoms with E-state index in [2.05, 4.69) is 9.88 Å². The van der Waals surface area contributed by atoms with Crippen LogP contribution < -0.4 is 4.90 Å². The van der Waals surface area contributed by atoms with E-state index in [0.29, 0.717) is 6.54 Å². The molecule has 1 aliphatic rings. The lowest BCUT2D eigenvalue weighted by Crippen LogP contribution is -2.21. The van der Waals surface area contributed by atoms with Crippen molar-refractivity contribution >= 4 is 5.82 Å². The number of aliphatic hydroxyl groups is 1. The molecule has 1 fully saturated rings. The highest BCUT2D eigenvalue weighted by Crippen LogP contribution is 2.19. The molecule has 1 aliphatic heterocycles. The summed E-state index contributed by atoms with van der Waals surface area (Å²) in [6, 6.07) is 10.1. The Labute approximate surface area is 100 Å². The average molecular weight is 229 g/mol. The minimum atomic E-state index is -0.211. The number of rotatable bonds is 2. The first kappa shape index (κ1) is 10.4. The van der Waals surface area contributed by atoms with Crippen LogP contribution in [0.2, 0.25) is 0 Å². The van der Waals surface area contributed by atoms with E-state index in [-0.39, 0.29) is 6.10 Å². The molecule has 3 rings (SSSR count). The molecule has 4 nitrogen and oxygen atoms in total. The third-order valence-corrected chi connectivity index (χ3v) is 3.11. The highest BCUT2D eigenvalue weighted by molar-refractivity contribution is 5.42. The monoisotopic (exact) mass is 229 g/mol. The standard InChI is InChI=1S/C13H15N3O/c17-12-6-7-15(8-12)13-9-16(10-14-13)11-4-2-1-3-5-11/h1-5,9-10,12,17H,6-8H2. The van der Waals surface area contributed by atoms with Crippen molar-refractivity contribution in [2.45, 2.75) is 12.5 Å². The number of aromatic nitrogens is 2. The molecule has 0 radical (unpaired) electrons. The second-order valence-corrected chi connectivity index (χ2v) is 4.36. The van der Waals surface area contributed by atoms with Crippen LogP contribution >= 0.6 is 0 Å². The zero-order chi connectivity index (χ0) is 11.7. The lowest BCUT2D eigenvalue weighted by molar-refractivity contribution is 0.198. The third kappa shape index (κ3) is 2.03. The molecule has 1 saturated heterocycles. The Morgan fingerprint density at radius 3 is 2.76 bits per heavy atom. The summed E-state index contributed by atoms with van der Waals surface area (Å²) in [6.07, 6.45) is 4.44. The van der Waals surface area contributed by atoms with E-state index in [1.165, 1.54) is 0 Å². The predicted octanol–water partition coefficient (Wildman–Crippen LogP) is 1.44. The maximum atomic E-state index is 9.51. The van der Waals surface area contributed by atoms with Crippen LogP contribution in [0.5, 0.6) is 0 Å². The van der Waals surface area contributed by atoms with Gasteiger partial charge in [0.1, 0.15) is 12.1 Å². The first-order valence-corrected chi connectivity index (χ1v) is 5.85. The van der Waals surface area contributed by atoms with Crippen molar-refractivity contribution in [3.05, 3.63) is 42.9 Å². The predicted molar refractivity (Wildman–Crippen MR) is 66.4 cm³/mol. The number of β-amino-alcohol motifs (C(OH)–C–C–N with tert-alkyl or cyclic N) is 1. The quantitative estimate of drug-likeness (QED) is 0.847. The smallest absolute Gasteiger partial charge is 0.147 e. The fraction of sp³-hybridized carbons (Fsp3) is 0.308. The van der Waals surface area contributed by atoms with Crippen molar-refractivity contribution in [3.63, 3.8) is 0 Å². The van der Waals surface area contributed by atoms with Crippen molar-refractivity contribution in [1.82, 2.24) is 9.55 Å². The van der Waals surface area contributed by atoms with Gasteiger partial charge < -0.3 is 14.6 Å². The Balaban J connectivity index is 1.84. The lowest BCUT2D eigenvalue weighted by atomic mass is 10.3. The summed E-state index contributed by atoms with van der Waals surface area (Å²) in [5.41, 5.74) is 1.10. The number of aliphatic hydroxyl groups excluding tert-OH is 1. The van der Waals surface area contributed by atoms with Crippen molar-refractivity contribution in [2.75, 3.05) is 18.0 Å². The van der Waals surface area contributed by atoms with Crippen molar-refractivity contribution in [2.24, 2.45) is 0 Å². The van der Waals surface area contributed by atoms with Gasteiger partial charge in [-0.2, -0.15) is 0 Å². The topological polar surface area (TPSA) is 41.3 Å². The van der Waals surface area contributed by atoms with Gasteiger partial charge in [-0.15, -0.1) is 0 Å². The first-order valence-electron chi connectivity index (χ1n) is 5.85. The molecule has 1 aromatic heterocycles. The zero-order valence-electron chi connectivity index (χ0n) is 9.53. The summed E-state index contributed by atoms with van der Waals surface area (Å²) >= 11 is 0. The Morgan fingerprint density at radius 1 is 1.24 bits per heavy atom. The van der Waals surface area contributed by atoms with Gasteiger partial charge in [0.15, 0.2) is 0 Å². The second-order valence-electron chi connectivity index (χ2n) is 4.36. The molecule has 0 bridgehead atoms. The van der Waals surface area contributed by atoms with Gasteiger partial charge in [0.2, 0.25) is 0 Å². The van der Waals surface area contributed by atoms with Crippen molar-refractivity contribution in [1.29, 1.82) is 0 Å². The van der Waals surface area contributed by atoms with E-state index in [9.17, 15) is 5.11 Å². The molecular formula is C13H15N3O. The molecule has 1 atom stereocenters. The maximum Gasteiger partial charge on any atom is 0.147 e. The van der Waals surface area contributed by atoms with Gasteiger partial charge in [-0.1, -0.05) is 18.2 Å². The van der Waals surface area contributed by atoms with Crippen molar-refractivity contribution in [3.8, 4) is 5.69 Å². The molecule has 1 unspecified atom stereocenters. The maximum absolute atomic E-state index is 9.51. The molecule has 1 N–H and O–H groups in total. The van der Waals surface area contributed by atoms with E-state index in [4.69, 9.17) is 0 Å². The number of para-hydroxylation sites is 1. The van der Waals surface area contributed by atoms with E-state index in [0.717, 1.165) is 24.5 Å². The fourth-order valence-electron chi connectivity index (χ4n) is 2.17. The second kappa shape index (κ2) is 4.22. The Kier molecular flexibility index (Phi) is 2.57. The Hall–Kier alpha value is -1.81. The number of nitrogens with zero attached hydrogens (tertiary/aromatic N) is 3. The fourth-order valence-corrected chi connectivity index (χ4v) is 2.17. The van der Waals surface area contributed by atoms with Gasteiger partial charge >= 0.3 is 0 Å². The number of hydrogen-bond acceptors (Lipinski definition) is 3. The molecular weight excluding hydrogens is 214 g/mol. The van der Waals surface area contributed by atoms with Crippen LogP contribution in [0.1, 0.15) is 6.42 Å². The van der Waals surface area contributed by atoms with E-state index >= 15 is 0 Å². The van der Waals surface area contributed by atoms with Gasteiger partial charge in [0.25, 0.3) is 0 Å². The summed E-state index contributed by atoms with van der Waals surface area (Å²) in [6.45, 7) is 1.57. The number of anilines is 1. The number of hydrogen-bond donors (Lipinski definition) is 1. The zero-order valence-corrected chi connectivity index (χ0v) is 9.53. The molecule has 88 valence electrons. The summed E-state index contributed by atoms with van der Waals surface area (Å²) < 4.78 is 2.00. The normalized spacial score (nSPS) is 19.8. The summed E-state index contributed by atoms with van der Waals surface area (Å²) in [5, 5.41) is 9.51. The van der Waals surface area contributed by atoms with Gasteiger partial charge in [0, 0.05) is 18.8 Å². The highest BCUT2D eigenvalue weighted by atomic mass is 16.3. The van der Waals surface area contributed by atoms with Gasteiger partial charge in [-0.05, 0) is 18.6 Å². The highest BCUT2D eigenvalue weighted by Gasteiger charge is 2.21. The number of benzene rings is 1. The molecule has 2 heterocycles. The molecule has 0 aliphatic carbocycles. The van der Waals surface area contributed by atoms with Crippen LogP contribution in [0, 0.1) is 0 Å². The molecule has 2 aromatic rings. The van der Waals surface area contributed by atoms with Crippen LogP contribution in [0.4, 0.5) is 5.82 Å². The van der Waals surface area contributed by atoms with Gasteiger partial charge in [0.05, 0.1) is 12.3 Å². The van der Waals surface area contributed by atoms with Crippen LogP contribution in [0.3, 0.4) is 0 Å². The summed E-state index contributed by atoms with van der Waals surface area (Å²) in [5.74, 6) is 0.936. The van der Waals surface area contributed by atoms with Crippen LogP contribution in [-0.4, -0.2) is 33.9 Å². The Bertz CT molecular complexity index is 494. The minimum absolute atomic E-state index is 0.211. The largest absolute Gasteiger partial charge is 0.391 e. The molecule has 1 aromatic carbocycles. The SMILES string of the molecule is OC1CCN(c2cn(-c3ccccc3)cn2)C1. The van der Waals surface area contributed by atoms with Crippen LogP contribution in [-0.2, 0) is 0 Å². The third-order valence-electron chi connectivity index (χ3n) is 3.11. The molecule has 0 spiro atoms. The van der Waals surface area contributed by atoms with Crippen molar-refractivity contribution < 1.29 is 5.11 Å². The Morgan fingerprint density at radius 2 is 2.06 bits per heavy atom. The summed E-state index contributed by atoms with van der Waals surface area (Å²) in [4.78, 5) is 6.50. The van der Waals surface area contributed by atoms with E-state index < -0.39 is 0 Å². The van der Waals surface area contributed by atoms with Crippen LogP contribution in [0.15, 0.2) is 42.9 Å². The molecule has 0 saturated carbocycles. The number of imidazole rings is 1.